The molecule has 2 aromatic rings. The Morgan fingerprint density at radius 2 is 1.41 bits per heavy atom. The van der Waals surface area contributed by atoms with Gasteiger partial charge in [-0.2, -0.15) is 0 Å². The van der Waals surface area contributed by atoms with E-state index in [1.54, 1.807) is 55.9 Å². The summed E-state index contributed by atoms with van der Waals surface area (Å²) in [6, 6.07) is 10.1. The van der Waals surface area contributed by atoms with Gasteiger partial charge < -0.3 is 15.4 Å². The molecule has 6 nitrogen and oxygen atoms in total. The van der Waals surface area contributed by atoms with Crippen molar-refractivity contribution in [2.24, 2.45) is 0 Å². The number of pyridine rings is 1. The molecular weight excluding hydrogens is 282 g/mol. The Morgan fingerprint density at radius 3 is 1.91 bits per heavy atom. The van der Waals surface area contributed by atoms with Crippen molar-refractivity contribution in [2.45, 2.75) is 0 Å². The number of methoxy groups -OCH3 is 1. The predicted molar refractivity (Wildman–Crippen MR) is 81.9 cm³/mol. The van der Waals surface area contributed by atoms with Gasteiger partial charge in [0, 0.05) is 36.6 Å². The van der Waals surface area contributed by atoms with E-state index in [1.807, 2.05) is 0 Å². The highest BCUT2D eigenvalue weighted by Crippen LogP contribution is 2.10. The summed E-state index contributed by atoms with van der Waals surface area (Å²) in [5, 5.41) is 5.46. The summed E-state index contributed by atoms with van der Waals surface area (Å²) in [5.74, 6) is 0.308. The van der Waals surface area contributed by atoms with Gasteiger partial charge in [-0.15, -0.1) is 0 Å². The van der Waals surface area contributed by atoms with Crippen LogP contribution in [0.3, 0.4) is 0 Å². The van der Waals surface area contributed by atoms with Crippen LogP contribution in [-0.4, -0.2) is 37.0 Å². The van der Waals surface area contributed by atoms with Crippen LogP contribution in [0.1, 0.15) is 20.7 Å². The summed E-state index contributed by atoms with van der Waals surface area (Å²) in [6.45, 7) is 0.699. The Bertz CT molecular complexity index is 627. The highest BCUT2D eigenvalue weighted by atomic mass is 16.5. The maximum atomic E-state index is 11.9. The van der Waals surface area contributed by atoms with Crippen LogP contribution in [-0.2, 0) is 0 Å². The molecule has 0 fully saturated rings. The van der Waals surface area contributed by atoms with E-state index < -0.39 is 0 Å². The minimum absolute atomic E-state index is 0.193. The molecule has 0 unspecified atom stereocenters. The molecule has 0 aliphatic carbocycles. The number of carbonyl (C=O) groups excluding carboxylic acids is 2. The van der Waals surface area contributed by atoms with Crippen molar-refractivity contribution in [2.75, 3.05) is 20.2 Å². The first-order valence-electron chi connectivity index (χ1n) is 6.81. The second kappa shape index (κ2) is 7.78. The number of amides is 2. The Labute approximate surface area is 128 Å². The zero-order valence-corrected chi connectivity index (χ0v) is 12.2. The summed E-state index contributed by atoms with van der Waals surface area (Å²) in [6.07, 6.45) is 3.11. The Balaban J connectivity index is 1.74. The van der Waals surface area contributed by atoms with Gasteiger partial charge in [0.05, 0.1) is 7.11 Å². The van der Waals surface area contributed by atoms with Gasteiger partial charge in [0.1, 0.15) is 5.75 Å². The van der Waals surface area contributed by atoms with Gasteiger partial charge in [0.2, 0.25) is 0 Å². The fourth-order valence-electron chi connectivity index (χ4n) is 1.80. The standard InChI is InChI=1S/C16H17N3O3/c1-22-14-4-2-12(3-5-14)15(20)18-10-11-19-16(21)13-6-8-17-9-7-13/h2-9H,10-11H2,1H3,(H,18,20)(H,19,21). The monoisotopic (exact) mass is 299 g/mol. The molecule has 2 amide bonds. The van der Waals surface area contributed by atoms with E-state index in [0.717, 1.165) is 0 Å². The zero-order valence-electron chi connectivity index (χ0n) is 12.2. The molecule has 22 heavy (non-hydrogen) atoms. The van der Waals surface area contributed by atoms with Crippen LogP contribution >= 0.6 is 0 Å². The van der Waals surface area contributed by atoms with E-state index in [1.165, 1.54) is 0 Å². The third-order valence-corrected chi connectivity index (χ3v) is 2.99. The first-order chi connectivity index (χ1) is 10.7. The van der Waals surface area contributed by atoms with Crippen molar-refractivity contribution >= 4 is 11.8 Å². The number of nitrogens with zero attached hydrogens (tertiary/aromatic N) is 1. The highest BCUT2D eigenvalue weighted by molar-refractivity contribution is 5.95. The molecule has 0 aliphatic rings. The smallest absolute Gasteiger partial charge is 0.251 e. The van der Waals surface area contributed by atoms with Gasteiger partial charge in [-0.25, -0.2) is 0 Å². The number of aromatic nitrogens is 1. The second-order valence-electron chi connectivity index (χ2n) is 4.48. The summed E-state index contributed by atoms with van der Waals surface area (Å²) < 4.78 is 5.03. The van der Waals surface area contributed by atoms with Gasteiger partial charge in [-0.1, -0.05) is 0 Å². The minimum atomic E-state index is -0.194. The van der Waals surface area contributed by atoms with Gasteiger partial charge >= 0.3 is 0 Å². The quantitative estimate of drug-likeness (QED) is 0.787. The van der Waals surface area contributed by atoms with Crippen molar-refractivity contribution in [3.63, 3.8) is 0 Å². The molecule has 0 saturated carbocycles. The van der Waals surface area contributed by atoms with Crippen LogP contribution in [0.5, 0.6) is 5.75 Å². The number of carbonyl (C=O) groups is 2. The third-order valence-electron chi connectivity index (χ3n) is 2.99. The zero-order chi connectivity index (χ0) is 15.8. The maximum absolute atomic E-state index is 11.9. The minimum Gasteiger partial charge on any atom is -0.497 e. The Kier molecular flexibility index (Phi) is 5.48. The number of hydrogen-bond donors (Lipinski definition) is 2. The van der Waals surface area contributed by atoms with E-state index in [9.17, 15) is 9.59 Å². The van der Waals surface area contributed by atoms with Gasteiger partial charge in [-0.05, 0) is 36.4 Å². The lowest BCUT2D eigenvalue weighted by Crippen LogP contribution is -2.34. The van der Waals surface area contributed by atoms with Gasteiger partial charge in [-0.3, -0.25) is 14.6 Å². The average molecular weight is 299 g/mol. The Hall–Kier alpha value is -2.89. The first kappa shape index (κ1) is 15.5. The summed E-state index contributed by atoms with van der Waals surface area (Å²) >= 11 is 0. The van der Waals surface area contributed by atoms with Crippen molar-refractivity contribution < 1.29 is 14.3 Å². The number of rotatable bonds is 6. The molecule has 0 bridgehead atoms. The van der Waals surface area contributed by atoms with Gasteiger partial charge in [0.25, 0.3) is 11.8 Å². The SMILES string of the molecule is COc1ccc(C(=O)NCCNC(=O)c2ccncc2)cc1. The van der Waals surface area contributed by atoms with Crippen molar-refractivity contribution in [1.82, 2.24) is 15.6 Å². The molecule has 0 atom stereocenters. The average Bonchev–Trinajstić information content (AvgIpc) is 2.59. The molecular formula is C16H17N3O3. The van der Waals surface area contributed by atoms with Crippen molar-refractivity contribution in [1.29, 1.82) is 0 Å². The fraction of sp³-hybridized carbons (Fsp3) is 0.188. The topological polar surface area (TPSA) is 80.3 Å². The molecule has 2 rings (SSSR count). The lowest BCUT2D eigenvalue weighted by Gasteiger charge is -2.07. The first-order valence-corrected chi connectivity index (χ1v) is 6.81. The van der Waals surface area contributed by atoms with Crippen LogP contribution < -0.4 is 15.4 Å². The van der Waals surface area contributed by atoms with Crippen molar-refractivity contribution in [3.05, 3.63) is 59.9 Å². The van der Waals surface area contributed by atoms with E-state index in [-0.39, 0.29) is 11.8 Å². The summed E-state index contributed by atoms with van der Waals surface area (Å²) in [4.78, 5) is 27.5. The van der Waals surface area contributed by atoms with Crippen LogP contribution in [0.15, 0.2) is 48.8 Å². The normalized spacial score (nSPS) is 9.86. The lowest BCUT2D eigenvalue weighted by atomic mass is 10.2. The number of nitrogens with one attached hydrogen (secondary N) is 2. The fourth-order valence-corrected chi connectivity index (χ4v) is 1.80. The van der Waals surface area contributed by atoms with Crippen molar-refractivity contribution in [3.8, 4) is 5.75 Å². The molecule has 114 valence electrons. The molecule has 0 spiro atoms. The Morgan fingerprint density at radius 1 is 0.909 bits per heavy atom. The third kappa shape index (κ3) is 4.31. The summed E-state index contributed by atoms with van der Waals surface area (Å²) in [5.41, 5.74) is 1.08. The van der Waals surface area contributed by atoms with Crippen LogP contribution in [0.4, 0.5) is 0 Å². The largest absolute Gasteiger partial charge is 0.497 e. The van der Waals surface area contributed by atoms with Gasteiger partial charge in [0.15, 0.2) is 0 Å². The predicted octanol–water partition coefficient (Wildman–Crippen LogP) is 1.25. The van der Waals surface area contributed by atoms with Crippen LogP contribution in [0, 0.1) is 0 Å². The van der Waals surface area contributed by atoms with E-state index in [0.29, 0.717) is 30.0 Å². The molecule has 6 heteroatoms. The second-order valence-corrected chi connectivity index (χ2v) is 4.48. The maximum Gasteiger partial charge on any atom is 0.251 e. The molecule has 1 aromatic carbocycles. The van der Waals surface area contributed by atoms with Crippen LogP contribution in [0.25, 0.3) is 0 Å². The van der Waals surface area contributed by atoms with E-state index >= 15 is 0 Å². The molecule has 0 saturated heterocycles. The number of benzene rings is 1. The van der Waals surface area contributed by atoms with Crippen LogP contribution in [0.2, 0.25) is 0 Å². The molecule has 0 radical (unpaired) electrons. The molecule has 1 heterocycles. The highest BCUT2D eigenvalue weighted by Gasteiger charge is 2.06. The summed E-state index contributed by atoms with van der Waals surface area (Å²) in [7, 11) is 1.57. The van der Waals surface area contributed by atoms with E-state index in [4.69, 9.17) is 4.74 Å². The molecule has 1 aromatic heterocycles. The molecule has 0 aliphatic heterocycles. The molecule has 2 N–H and O–H groups in total. The lowest BCUT2D eigenvalue weighted by molar-refractivity contribution is 0.0927. The number of ether oxygens (including phenoxy) is 1. The number of hydrogen-bond acceptors (Lipinski definition) is 4. The van der Waals surface area contributed by atoms with E-state index in [2.05, 4.69) is 15.6 Å².